The van der Waals surface area contributed by atoms with Gasteiger partial charge in [0.05, 0.1) is 7.11 Å². The quantitative estimate of drug-likeness (QED) is 0.920. The molecule has 0 heterocycles. The summed E-state index contributed by atoms with van der Waals surface area (Å²) in [5.41, 5.74) is 2.52. The second-order valence-electron chi connectivity index (χ2n) is 4.67. The lowest BCUT2D eigenvalue weighted by molar-refractivity contribution is 0.209. The summed E-state index contributed by atoms with van der Waals surface area (Å²) in [6.07, 6.45) is -1.17. The first-order valence-electron chi connectivity index (χ1n) is 6.23. The molecule has 0 fully saturated rings. The number of ether oxygens (including phenoxy) is 1. The number of halogens is 2. The van der Waals surface area contributed by atoms with E-state index >= 15 is 0 Å². The van der Waals surface area contributed by atoms with Crippen LogP contribution in [-0.2, 0) is 0 Å². The fourth-order valence-electron chi connectivity index (χ4n) is 2.22. The Hall–Kier alpha value is -1.58. The molecule has 0 radical (unpaired) electrons. The molecule has 20 heavy (non-hydrogen) atoms. The van der Waals surface area contributed by atoms with E-state index < -0.39 is 11.9 Å². The maximum Gasteiger partial charge on any atom is 0.130 e. The SMILES string of the molecule is COc1c(C(O)c2c(F)cccc2Cl)ccc(C)c1C. The Morgan fingerprint density at radius 2 is 1.90 bits per heavy atom. The average molecular weight is 295 g/mol. The van der Waals surface area contributed by atoms with E-state index in [0.717, 1.165) is 11.1 Å². The van der Waals surface area contributed by atoms with Gasteiger partial charge in [-0.25, -0.2) is 4.39 Å². The molecule has 2 aromatic carbocycles. The van der Waals surface area contributed by atoms with Crippen molar-refractivity contribution in [1.29, 1.82) is 0 Å². The smallest absolute Gasteiger partial charge is 0.130 e. The Labute approximate surface area is 122 Å². The summed E-state index contributed by atoms with van der Waals surface area (Å²) in [5, 5.41) is 10.7. The van der Waals surface area contributed by atoms with Gasteiger partial charge in [-0.05, 0) is 37.1 Å². The Balaban J connectivity index is 2.60. The van der Waals surface area contributed by atoms with Crippen molar-refractivity contribution in [3.63, 3.8) is 0 Å². The normalized spacial score (nSPS) is 12.3. The van der Waals surface area contributed by atoms with E-state index in [1.165, 1.54) is 19.2 Å². The van der Waals surface area contributed by atoms with E-state index in [0.29, 0.717) is 11.3 Å². The molecule has 0 aromatic heterocycles. The molecule has 2 aromatic rings. The van der Waals surface area contributed by atoms with Crippen molar-refractivity contribution in [1.82, 2.24) is 0 Å². The Morgan fingerprint density at radius 1 is 1.20 bits per heavy atom. The van der Waals surface area contributed by atoms with Crippen LogP contribution in [0.1, 0.15) is 28.4 Å². The molecular weight excluding hydrogens is 279 g/mol. The fraction of sp³-hybridized carbons (Fsp3) is 0.250. The molecule has 106 valence electrons. The van der Waals surface area contributed by atoms with E-state index in [9.17, 15) is 9.50 Å². The van der Waals surface area contributed by atoms with Gasteiger partial charge in [0.25, 0.3) is 0 Å². The monoisotopic (exact) mass is 294 g/mol. The number of methoxy groups -OCH3 is 1. The van der Waals surface area contributed by atoms with Crippen LogP contribution in [0.5, 0.6) is 5.75 Å². The molecule has 0 bridgehead atoms. The maximum atomic E-state index is 13.9. The largest absolute Gasteiger partial charge is 0.496 e. The molecular formula is C16H16ClFO2. The molecule has 1 atom stereocenters. The van der Waals surface area contributed by atoms with Crippen molar-refractivity contribution in [3.8, 4) is 5.75 Å². The van der Waals surface area contributed by atoms with Gasteiger partial charge < -0.3 is 9.84 Å². The second kappa shape index (κ2) is 5.81. The molecule has 4 heteroatoms. The van der Waals surface area contributed by atoms with E-state index in [4.69, 9.17) is 16.3 Å². The van der Waals surface area contributed by atoms with Crippen molar-refractivity contribution in [2.24, 2.45) is 0 Å². The minimum atomic E-state index is -1.17. The maximum absolute atomic E-state index is 13.9. The molecule has 2 rings (SSSR count). The Morgan fingerprint density at radius 3 is 2.50 bits per heavy atom. The molecule has 1 N–H and O–H groups in total. The molecule has 0 aliphatic rings. The van der Waals surface area contributed by atoms with Gasteiger partial charge in [-0.1, -0.05) is 29.8 Å². The summed E-state index contributed by atoms with van der Waals surface area (Å²) < 4.78 is 19.3. The van der Waals surface area contributed by atoms with Crippen LogP contribution in [0.2, 0.25) is 5.02 Å². The van der Waals surface area contributed by atoms with Crippen LogP contribution in [-0.4, -0.2) is 12.2 Å². The number of aryl methyl sites for hydroxylation is 1. The predicted octanol–water partition coefficient (Wildman–Crippen LogP) is 4.19. The minimum Gasteiger partial charge on any atom is -0.496 e. The number of benzene rings is 2. The summed E-state index contributed by atoms with van der Waals surface area (Å²) in [7, 11) is 1.53. The summed E-state index contributed by atoms with van der Waals surface area (Å²) in [6, 6.07) is 7.93. The summed E-state index contributed by atoms with van der Waals surface area (Å²) in [6.45, 7) is 3.84. The van der Waals surface area contributed by atoms with Crippen molar-refractivity contribution in [2.75, 3.05) is 7.11 Å². The molecule has 0 aliphatic heterocycles. The lowest BCUT2D eigenvalue weighted by Gasteiger charge is -2.19. The van der Waals surface area contributed by atoms with Gasteiger partial charge >= 0.3 is 0 Å². The summed E-state index contributed by atoms with van der Waals surface area (Å²) in [5.74, 6) is 0.0158. The number of aliphatic hydroxyl groups is 1. The zero-order chi connectivity index (χ0) is 14.9. The first-order chi connectivity index (χ1) is 9.47. The highest BCUT2D eigenvalue weighted by Crippen LogP contribution is 2.37. The van der Waals surface area contributed by atoms with Gasteiger partial charge in [0, 0.05) is 16.1 Å². The molecule has 0 aliphatic carbocycles. The van der Waals surface area contributed by atoms with E-state index in [2.05, 4.69) is 0 Å². The molecule has 0 amide bonds. The first kappa shape index (κ1) is 14.8. The topological polar surface area (TPSA) is 29.5 Å². The highest BCUT2D eigenvalue weighted by atomic mass is 35.5. The van der Waals surface area contributed by atoms with E-state index in [-0.39, 0.29) is 10.6 Å². The zero-order valence-electron chi connectivity index (χ0n) is 11.6. The first-order valence-corrected chi connectivity index (χ1v) is 6.61. The average Bonchev–Trinajstić information content (AvgIpc) is 2.41. The second-order valence-corrected chi connectivity index (χ2v) is 5.08. The van der Waals surface area contributed by atoms with Crippen LogP contribution in [0.4, 0.5) is 4.39 Å². The molecule has 0 saturated carbocycles. The molecule has 1 unspecified atom stereocenters. The third-order valence-electron chi connectivity index (χ3n) is 3.48. The Bertz CT molecular complexity index is 620. The third kappa shape index (κ3) is 2.51. The third-order valence-corrected chi connectivity index (χ3v) is 3.81. The van der Waals surface area contributed by atoms with Crippen LogP contribution in [0.15, 0.2) is 30.3 Å². The van der Waals surface area contributed by atoms with Gasteiger partial charge in [-0.15, -0.1) is 0 Å². The number of hydrogen-bond donors (Lipinski definition) is 1. The van der Waals surface area contributed by atoms with Crippen LogP contribution in [0, 0.1) is 19.7 Å². The van der Waals surface area contributed by atoms with E-state index in [1.54, 1.807) is 12.1 Å². The standard InChI is InChI=1S/C16H16ClFO2/c1-9-7-8-11(16(20-3)10(9)2)15(19)14-12(17)5-4-6-13(14)18/h4-8,15,19H,1-3H3. The number of aliphatic hydroxyl groups excluding tert-OH is 1. The fourth-order valence-corrected chi connectivity index (χ4v) is 2.49. The summed E-state index contributed by atoms with van der Waals surface area (Å²) in [4.78, 5) is 0. The highest BCUT2D eigenvalue weighted by Gasteiger charge is 2.22. The van der Waals surface area contributed by atoms with Gasteiger partial charge in [0.2, 0.25) is 0 Å². The van der Waals surface area contributed by atoms with Crippen molar-refractivity contribution < 1.29 is 14.2 Å². The number of rotatable bonds is 3. The van der Waals surface area contributed by atoms with Crippen LogP contribution in [0.25, 0.3) is 0 Å². The Kier molecular flexibility index (Phi) is 4.31. The van der Waals surface area contributed by atoms with Crippen LogP contribution < -0.4 is 4.74 Å². The van der Waals surface area contributed by atoms with Gasteiger partial charge in [0.1, 0.15) is 17.7 Å². The van der Waals surface area contributed by atoms with Crippen molar-refractivity contribution >= 4 is 11.6 Å². The predicted molar refractivity (Wildman–Crippen MR) is 77.9 cm³/mol. The molecule has 0 saturated heterocycles. The minimum absolute atomic E-state index is 0.0655. The van der Waals surface area contributed by atoms with Crippen LogP contribution >= 0.6 is 11.6 Å². The van der Waals surface area contributed by atoms with Crippen LogP contribution in [0.3, 0.4) is 0 Å². The summed E-state index contributed by atoms with van der Waals surface area (Å²) >= 11 is 6.00. The van der Waals surface area contributed by atoms with E-state index in [1.807, 2.05) is 19.9 Å². The number of hydrogen-bond acceptors (Lipinski definition) is 2. The van der Waals surface area contributed by atoms with Gasteiger partial charge in [0.15, 0.2) is 0 Å². The van der Waals surface area contributed by atoms with Crippen molar-refractivity contribution in [3.05, 3.63) is 63.4 Å². The lowest BCUT2D eigenvalue weighted by Crippen LogP contribution is -2.07. The lowest BCUT2D eigenvalue weighted by atomic mass is 9.96. The van der Waals surface area contributed by atoms with Crippen molar-refractivity contribution in [2.45, 2.75) is 20.0 Å². The molecule has 2 nitrogen and oxygen atoms in total. The van der Waals surface area contributed by atoms with Gasteiger partial charge in [-0.3, -0.25) is 0 Å². The van der Waals surface area contributed by atoms with Gasteiger partial charge in [-0.2, -0.15) is 0 Å². The highest BCUT2D eigenvalue weighted by molar-refractivity contribution is 6.31. The molecule has 0 spiro atoms. The zero-order valence-corrected chi connectivity index (χ0v) is 12.3.